The predicted molar refractivity (Wildman–Crippen MR) is 90.4 cm³/mol. The van der Waals surface area contributed by atoms with E-state index in [0.29, 0.717) is 11.4 Å². The first-order valence-corrected chi connectivity index (χ1v) is 8.02. The van der Waals surface area contributed by atoms with Crippen LogP contribution >= 0.6 is 0 Å². The number of imidazole rings is 1. The number of aromatic amines is 1. The Hall–Kier alpha value is -3.30. The maximum atomic E-state index is 5.24. The quantitative estimate of drug-likeness (QED) is 0.570. The topological polar surface area (TPSA) is 113 Å². The molecule has 1 N–H and O–H groups in total. The molecule has 1 aliphatic rings. The zero-order valence-electron chi connectivity index (χ0n) is 13.5. The molecule has 0 radical (unpaired) electrons. The fourth-order valence-corrected chi connectivity index (χ4v) is 3.27. The zero-order chi connectivity index (χ0) is 16.8. The summed E-state index contributed by atoms with van der Waals surface area (Å²) < 4.78 is 5.24. The Labute approximate surface area is 141 Å². The van der Waals surface area contributed by atoms with Gasteiger partial charge in [0.2, 0.25) is 0 Å². The van der Waals surface area contributed by atoms with E-state index in [1.165, 1.54) is 6.33 Å². The van der Waals surface area contributed by atoms with E-state index in [1.54, 1.807) is 12.7 Å². The minimum Gasteiger partial charge on any atom is -0.352 e. The summed E-state index contributed by atoms with van der Waals surface area (Å²) in [5.41, 5.74) is 2.89. The third-order valence-corrected chi connectivity index (χ3v) is 4.51. The van der Waals surface area contributed by atoms with E-state index in [1.807, 2.05) is 6.92 Å². The van der Waals surface area contributed by atoms with Crippen molar-refractivity contribution in [1.82, 2.24) is 35.1 Å². The van der Waals surface area contributed by atoms with Gasteiger partial charge >= 0.3 is 0 Å². The van der Waals surface area contributed by atoms with E-state index in [4.69, 9.17) is 4.52 Å². The number of nitrogens with one attached hydrogen (secondary N) is 1. The fourth-order valence-electron chi connectivity index (χ4n) is 3.27. The number of aromatic nitrogens is 7. The van der Waals surface area contributed by atoms with Crippen LogP contribution in [0.4, 0.5) is 11.6 Å². The zero-order valence-corrected chi connectivity index (χ0v) is 13.5. The van der Waals surface area contributed by atoms with Crippen molar-refractivity contribution in [2.24, 2.45) is 0 Å². The Morgan fingerprint density at radius 1 is 0.920 bits per heavy atom. The Bertz CT molecular complexity index is 1050. The molecule has 0 amide bonds. The summed E-state index contributed by atoms with van der Waals surface area (Å²) in [5, 5.41) is 4.88. The van der Waals surface area contributed by atoms with Crippen molar-refractivity contribution in [3.63, 3.8) is 0 Å². The van der Waals surface area contributed by atoms with Gasteiger partial charge in [0.1, 0.15) is 29.4 Å². The van der Waals surface area contributed by atoms with Crippen LogP contribution in [0.15, 0.2) is 23.5 Å². The molecule has 25 heavy (non-hydrogen) atoms. The first-order valence-electron chi connectivity index (χ1n) is 8.02. The molecular weight excluding hydrogens is 322 g/mol. The highest BCUT2D eigenvalue weighted by Crippen LogP contribution is 2.28. The van der Waals surface area contributed by atoms with Crippen LogP contribution in [0.5, 0.6) is 0 Å². The summed E-state index contributed by atoms with van der Waals surface area (Å²) in [4.78, 5) is 29.0. The van der Waals surface area contributed by atoms with E-state index in [2.05, 4.69) is 44.9 Å². The van der Waals surface area contributed by atoms with Crippen LogP contribution in [0.2, 0.25) is 0 Å². The summed E-state index contributed by atoms with van der Waals surface area (Å²) in [6.07, 6.45) is 4.72. The molecule has 1 saturated heterocycles. The lowest BCUT2D eigenvalue weighted by atomic mass is 10.2. The second-order valence-electron chi connectivity index (χ2n) is 5.92. The van der Waals surface area contributed by atoms with E-state index >= 15 is 0 Å². The van der Waals surface area contributed by atoms with Crippen molar-refractivity contribution in [1.29, 1.82) is 0 Å². The van der Waals surface area contributed by atoms with E-state index in [-0.39, 0.29) is 0 Å². The van der Waals surface area contributed by atoms with Gasteiger partial charge in [-0.25, -0.2) is 19.9 Å². The van der Waals surface area contributed by atoms with E-state index < -0.39 is 0 Å². The van der Waals surface area contributed by atoms with Crippen molar-refractivity contribution in [3.05, 3.63) is 24.7 Å². The van der Waals surface area contributed by atoms with Gasteiger partial charge in [0.05, 0.1) is 12.0 Å². The van der Waals surface area contributed by atoms with Crippen molar-refractivity contribution >= 4 is 33.9 Å². The average Bonchev–Trinajstić information content (AvgIpc) is 3.28. The van der Waals surface area contributed by atoms with Crippen LogP contribution in [0, 0.1) is 6.92 Å². The number of rotatable bonds is 2. The normalized spacial score (nSPS) is 15.4. The third kappa shape index (κ3) is 2.17. The molecule has 0 bridgehead atoms. The summed E-state index contributed by atoms with van der Waals surface area (Å²) in [6, 6.07) is 0. The molecule has 10 nitrogen and oxygen atoms in total. The largest absolute Gasteiger partial charge is 0.352 e. The highest BCUT2D eigenvalue weighted by Gasteiger charge is 2.24. The van der Waals surface area contributed by atoms with Gasteiger partial charge in [-0.05, 0) is 6.92 Å². The highest BCUT2D eigenvalue weighted by atomic mass is 16.5. The second kappa shape index (κ2) is 5.36. The minimum absolute atomic E-state index is 0.528. The monoisotopic (exact) mass is 337 g/mol. The van der Waals surface area contributed by atoms with Crippen LogP contribution in [0.3, 0.4) is 0 Å². The van der Waals surface area contributed by atoms with Crippen LogP contribution in [0.1, 0.15) is 5.69 Å². The summed E-state index contributed by atoms with van der Waals surface area (Å²) in [5.74, 6) is 1.76. The molecule has 0 unspecified atom stereocenters. The number of piperazine rings is 1. The molecule has 0 atom stereocenters. The fraction of sp³-hybridized carbons (Fsp3) is 0.333. The van der Waals surface area contributed by atoms with Gasteiger partial charge in [-0.15, -0.1) is 0 Å². The first-order chi connectivity index (χ1) is 12.3. The SMILES string of the molecule is Cc1noc2ncnc(N3CCN(c4ncnc5nc[nH]c45)CC3)c12. The van der Waals surface area contributed by atoms with Crippen molar-refractivity contribution in [3.8, 4) is 0 Å². The maximum Gasteiger partial charge on any atom is 0.263 e. The molecule has 5 heterocycles. The van der Waals surface area contributed by atoms with Crippen molar-refractivity contribution in [2.45, 2.75) is 6.92 Å². The molecule has 0 aromatic carbocycles. The summed E-state index contributed by atoms with van der Waals surface area (Å²) in [7, 11) is 0. The maximum absolute atomic E-state index is 5.24. The molecule has 126 valence electrons. The molecule has 0 aliphatic carbocycles. The lowest BCUT2D eigenvalue weighted by molar-refractivity contribution is 0.442. The van der Waals surface area contributed by atoms with Gasteiger partial charge in [0.25, 0.3) is 5.71 Å². The Balaban J connectivity index is 1.43. The molecule has 5 rings (SSSR count). The predicted octanol–water partition coefficient (Wildman–Crippen LogP) is 0.919. The number of fused-ring (bicyclic) bond motifs is 2. The van der Waals surface area contributed by atoms with Gasteiger partial charge in [0.15, 0.2) is 11.5 Å². The van der Waals surface area contributed by atoms with E-state index in [0.717, 1.165) is 54.4 Å². The molecule has 4 aromatic rings. The number of anilines is 2. The third-order valence-electron chi connectivity index (χ3n) is 4.51. The van der Waals surface area contributed by atoms with Crippen molar-refractivity contribution in [2.75, 3.05) is 36.0 Å². The number of hydrogen-bond donors (Lipinski definition) is 1. The van der Waals surface area contributed by atoms with Gasteiger partial charge < -0.3 is 19.3 Å². The Morgan fingerprint density at radius 2 is 1.64 bits per heavy atom. The number of H-pyrrole nitrogens is 1. The number of aryl methyl sites for hydroxylation is 1. The molecular formula is C15H15N9O. The van der Waals surface area contributed by atoms with Crippen LogP contribution in [-0.4, -0.2) is 61.2 Å². The smallest absolute Gasteiger partial charge is 0.263 e. The average molecular weight is 337 g/mol. The molecule has 1 fully saturated rings. The Kier molecular flexibility index (Phi) is 3.02. The second-order valence-corrected chi connectivity index (χ2v) is 5.92. The molecule has 0 saturated carbocycles. The molecule has 0 spiro atoms. The van der Waals surface area contributed by atoms with Gasteiger partial charge in [-0.1, -0.05) is 5.16 Å². The van der Waals surface area contributed by atoms with E-state index in [9.17, 15) is 0 Å². The van der Waals surface area contributed by atoms with Crippen LogP contribution < -0.4 is 9.80 Å². The summed E-state index contributed by atoms with van der Waals surface area (Å²) in [6.45, 7) is 5.18. The molecule has 4 aromatic heterocycles. The van der Waals surface area contributed by atoms with Gasteiger partial charge in [-0.3, -0.25) is 0 Å². The van der Waals surface area contributed by atoms with Crippen molar-refractivity contribution < 1.29 is 4.52 Å². The number of hydrogen-bond acceptors (Lipinski definition) is 9. The molecule has 1 aliphatic heterocycles. The highest BCUT2D eigenvalue weighted by molar-refractivity contribution is 5.88. The standard InChI is InChI=1S/C15H15N9O/c1-9-10-13(19-8-21-15(10)25-22-9)23-2-4-24(5-3-23)14-11-12(17-6-16-11)18-7-20-14/h6-8H,2-5H2,1H3,(H,16,17,18,20). The lowest BCUT2D eigenvalue weighted by Gasteiger charge is -2.36. The molecule has 10 heteroatoms. The number of nitrogens with zero attached hydrogens (tertiary/aromatic N) is 8. The van der Waals surface area contributed by atoms with Crippen LogP contribution in [0.25, 0.3) is 22.3 Å². The van der Waals surface area contributed by atoms with Gasteiger partial charge in [0, 0.05) is 26.2 Å². The Morgan fingerprint density at radius 3 is 2.48 bits per heavy atom. The lowest BCUT2D eigenvalue weighted by Crippen LogP contribution is -2.47. The first kappa shape index (κ1) is 14.1. The summed E-state index contributed by atoms with van der Waals surface area (Å²) >= 11 is 0. The van der Waals surface area contributed by atoms with Gasteiger partial charge in [-0.2, -0.15) is 4.98 Å². The van der Waals surface area contributed by atoms with Crippen LogP contribution in [-0.2, 0) is 0 Å². The minimum atomic E-state index is 0.528.